The van der Waals surface area contributed by atoms with Gasteiger partial charge in [0.2, 0.25) is 0 Å². The molecule has 1 atom stereocenters. The van der Waals surface area contributed by atoms with Gasteiger partial charge in [-0.3, -0.25) is 9.89 Å². The van der Waals surface area contributed by atoms with Gasteiger partial charge < -0.3 is 20.8 Å². The number of carboxylic acid groups (broad SMARTS) is 2. The van der Waals surface area contributed by atoms with Crippen LogP contribution in [0, 0.1) is 13.8 Å². The molecule has 0 saturated carbocycles. The van der Waals surface area contributed by atoms with Crippen LogP contribution in [0.3, 0.4) is 0 Å². The zero-order valence-electron chi connectivity index (χ0n) is 11.1. The third kappa shape index (κ3) is 4.26. The summed E-state index contributed by atoms with van der Waals surface area (Å²) >= 11 is 0. The standard InChI is InChI=1S/C11H16N4O5/c1-5-9(6(2)15-14-5)13-11(20)12-7(10(18)19)3-4-8(16)17/h7H,3-4H2,1-2H3,(H,14,15)(H,16,17)(H,18,19)(H2,12,13,20)/t7-/m0/s1. The number of aromatic nitrogens is 2. The number of rotatable bonds is 6. The number of carbonyl (C=O) groups is 3. The minimum Gasteiger partial charge on any atom is -0.481 e. The van der Waals surface area contributed by atoms with Crippen molar-refractivity contribution in [1.82, 2.24) is 15.5 Å². The van der Waals surface area contributed by atoms with Gasteiger partial charge in [-0.25, -0.2) is 9.59 Å². The van der Waals surface area contributed by atoms with Gasteiger partial charge in [-0.2, -0.15) is 5.10 Å². The van der Waals surface area contributed by atoms with E-state index in [0.29, 0.717) is 17.1 Å². The lowest BCUT2D eigenvalue weighted by molar-refractivity contribution is -0.140. The molecule has 0 saturated heterocycles. The predicted molar refractivity (Wildman–Crippen MR) is 68.5 cm³/mol. The fraction of sp³-hybridized carbons (Fsp3) is 0.455. The van der Waals surface area contributed by atoms with E-state index >= 15 is 0 Å². The Kier molecular flexibility index (Phi) is 5.07. The van der Waals surface area contributed by atoms with Crippen molar-refractivity contribution in [2.45, 2.75) is 32.7 Å². The molecule has 0 fully saturated rings. The van der Waals surface area contributed by atoms with Crippen molar-refractivity contribution in [2.75, 3.05) is 5.32 Å². The van der Waals surface area contributed by atoms with Crippen molar-refractivity contribution in [3.05, 3.63) is 11.4 Å². The monoisotopic (exact) mass is 284 g/mol. The molecule has 0 aromatic carbocycles. The highest BCUT2D eigenvalue weighted by Crippen LogP contribution is 2.15. The first-order valence-electron chi connectivity index (χ1n) is 5.85. The number of nitrogens with one attached hydrogen (secondary N) is 3. The number of aromatic amines is 1. The first-order chi connectivity index (χ1) is 9.31. The van der Waals surface area contributed by atoms with Crippen molar-refractivity contribution < 1.29 is 24.6 Å². The largest absolute Gasteiger partial charge is 0.481 e. The minimum absolute atomic E-state index is 0.193. The van der Waals surface area contributed by atoms with Crippen LogP contribution in [0.15, 0.2) is 0 Å². The lowest BCUT2D eigenvalue weighted by atomic mass is 10.1. The van der Waals surface area contributed by atoms with Crippen molar-refractivity contribution >= 4 is 23.7 Å². The molecule has 0 radical (unpaired) electrons. The van der Waals surface area contributed by atoms with Gasteiger partial charge in [-0.05, 0) is 20.3 Å². The van der Waals surface area contributed by atoms with Crippen molar-refractivity contribution in [3.8, 4) is 0 Å². The summed E-state index contributed by atoms with van der Waals surface area (Å²) in [5.74, 6) is -2.41. The number of urea groups is 1. The van der Waals surface area contributed by atoms with Crippen molar-refractivity contribution in [1.29, 1.82) is 0 Å². The smallest absolute Gasteiger partial charge is 0.326 e. The van der Waals surface area contributed by atoms with Crippen LogP contribution in [0.1, 0.15) is 24.2 Å². The molecule has 2 amide bonds. The highest BCUT2D eigenvalue weighted by molar-refractivity contribution is 5.93. The molecule has 9 nitrogen and oxygen atoms in total. The van der Waals surface area contributed by atoms with Gasteiger partial charge in [0, 0.05) is 6.42 Å². The summed E-state index contributed by atoms with van der Waals surface area (Å²) in [6.07, 6.45) is -0.539. The number of H-pyrrole nitrogens is 1. The number of aryl methyl sites for hydroxylation is 2. The molecule has 1 heterocycles. The van der Waals surface area contributed by atoms with Crippen LogP contribution in [0.4, 0.5) is 10.5 Å². The number of aliphatic carboxylic acids is 2. The predicted octanol–water partition coefficient (Wildman–Crippen LogP) is 0.466. The average molecular weight is 284 g/mol. The first-order valence-corrected chi connectivity index (χ1v) is 5.85. The second kappa shape index (κ2) is 6.55. The first kappa shape index (κ1) is 15.5. The summed E-state index contributed by atoms with van der Waals surface area (Å²) in [5.41, 5.74) is 1.66. The fourth-order valence-corrected chi connectivity index (χ4v) is 1.57. The number of hydrogen-bond acceptors (Lipinski definition) is 4. The van der Waals surface area contributed by atoms with E-state index in [2.05, 4.69) is 20.8 Å². The van der Waals surface area contributed by atoms with Crippen LogP contribution in [-0.4, -0.2) is 44.4 Å². The van der Waals surface area contributed by atoms with E-state index < -0.39 is 24.0 Å². The van der Waals surface area contributed by atoms with E-state index in [4.69, 9.17) is 10.2 Å². The second-order valence-corrected chi connectivity index (χ2v) is 4.23. The lowest BCUT2D eigenvalue weighted by Gasteiger charge is -2.14. The number of carboxylic acids is 2. The zero-order valence-corrected chi connectivity index (χ0v) is 11.1. The maximum atomic E-state index is 11.7. The van der Waals surface area contributed by atoms with E-state index in [-0.39, 0.29) is 12.8 Å². The molecule has 20 heavy (non-hydrogen) atoms. The Morgan fingerprint density at radius 3 is 2.40 bits per heavy atom. The number of amides is 2. The third-order valence-corrected chi connectivity index (χ3v) is 2.62. The molecular weight excluding hydrogens is 268 g/mol. The highest BCUT2D eigenvalue weighted by atomic mass is 16.4. The Morgan fingerprint density at radius 2 is 1.95 bits per heavy atom. The summed E-state index contributed by atoms with van der Waals surface area (Å²) in [4.78, 5) is 33.1. The molecule has 9 heteroatoms. The van der Waals surface area contributed by atoms with E-state index in [1.807, 2.05) is 0 Å². The van der Waals surface area contributed by atoms with Gasteiger partial charge in [-0.1, -0.05) is 0 Å². The number of nitrogens with zero attached hydrogens (tertiary/aromatic N) is 1. The Hall–Kier alpha value is -2.58. The molecule has 0 aliphatic heterocycles. The molecule has 0 aliphatic carbocycles. The van der Waals surface area contributed by atoms with E-state index in [1.165, 1.54) is 0 Å². The SMILES string of the molecule is Cc1n[nH]c(C)c1NC(=O)N[C@@H](CCC(=O)O)C(=O)O. The molecule has 0 spiro atoms. The maximum Gasteiger partial charge on any atom is 0.326 e. The van der Waals surface area contributed by atoms with Crippen LogP contribution in [0.25, 0.3) is 0 Å². The van der Waals surface area contributed by atoms with E-state index in [9.17, 15) is 14.4 Å². The van der Waals surface area contributed by atoms with Crippen LogP contribution in [-0.2, 0) is 9.59 Å². The molecule has 0 aliphatic rings. The van der Waals surface area contributed by atoms with Gasteiger partial charge in [-0.15, -0.1) is 0 Å². The topological polar surface area (TPSA) is 144 Å². The third-order valence-electron chi connectivity index (χ3n) is 2.62. The average Bonchev–Trinajstić information content (AvgIpc) is 2.65. The molecule has 0 bridgehead atoms. The summed E-state index contributed by atoms with van der Waals surface area (Å²) < 4.78 is 0. The van der Waals surface area contributed by atoms with Gasteiger partial charge in [0.15, 0.2) is 0 Å². The summed E-state index contributed by atoms with van der Waals surface area (Å²) in [5, 5.41) is 28.7. The van der Waals surface area contributed by atoms with Crippen molar-refractivity contribution in [3.63, 3.8) is 0 Å². The zero-order chi connectivity index (χ0) is 15.3. The molecule has 0 unspecified atom stereocenters. The van der Waals surface area contributed by atoms with Crippen LogP contribution in [0.2, 0.25) is 0 Å². The van der Waals surface area contributed by atoms with Gasteiger partial charge >= 0.3 is 18.0 Å². The van der Waals surface area contributed by atoms with Crippen LogP contribution >= 0.6 is 0 Å². The van der Waals surface area contributed by atoms with Gasteiger partial charge in [0.25, 0.3) is 0 Å². The Labute approximate surface area is 114 Å². The van der Waals surface area contributed by atoms with Crippen molar-refractivity contribution in [2.24, 2.45) is 0 Å². The van der Waals surface area contributed by atoms with E-state index in [0.717, 1.165) is 0 Å². The minimum atomic E-state index is -1.29. The molecule has 1 aromatic rings. The highest BCUT2D eigenvalue weighted by Gasteiger charge is 2.21. The summed E-state index contributed by atoms with van der Waals surface area (Å²) in [7, 11) is 0. The normalized spacial score (nSPS) is 11.7. The number of carbonyl (C=O) groups excluding carboxylic acids is 1. The Bertz CT molecular complexity index is 505. The molecule has 1 rings (SSSR count). The number of hydrogen-bond donors (Lipinski definition) is 5. The Balaban J connectivity index is 2.62. The lowest BCUT2D eigenvalue weighted by Crippen LogP contribution is -2.43. The molecule has 1 aromatic heterocycles. The fourth-order valence-electron chi connectivity index (χ4n) is 1.57. The van der Waals surface area contributed by atoms with Gasteiger partial charge in [0.05, 0.1) is 17.1 Å². The Morgan fingerprint density at radius 1 is 1.30 bits per heavy atom. The second-order valence-electron chi connectivity index (χ2n) is 4.23. The molecular formula is C11H16N4O5. The summed E-state index contributed by atoms with van der Waals surface area (Å²) in [6, 6.07) is -1.99. The quantitative estimate of drug-likeness (QED) is 0.513. The van der Waals surface area contributed by atoms with Gasteiger partial charge in [0.1, 0.15) is 6.04 Å². The molecule has 5 N–H and O–H groups in total. The number of anilines is 1. The molecule has 110 valence electrons. The van der Waals surface area contributed by atoms with E-state index in [1.54, 1.807) is 13.8 Å². The van der Waals surface area contributed by atoms with Crippen LogP contribution < -0.4 is 10.6 Å². The van der Waals surface area contributed by atoms with Crippen LogP contribution in [0.5, 0.6) is 0 Å². The summed E-state index contributed by atoms with van der Waals surface area (Å²) in [6.45, 7) is 3.38. The maximum absolute atomic E-state index is 11.7.